The topological polar surface area (TPSA) is 120 Å². The number of hydrogen-bond acceptors (Lipinski definition) is 5. The SMILES string of the molecule is O=C(Nc1ccccc1Br)Nc1ccc(Cl)c(S(=O)(=O)Nc2ccncc2)c1O. The number of urea groups is 1. The molecule has 0 atom stereocenters. The summed E-state index contributed by atoms with van der Waals surface area (Å²) in [6.07, 6.45) is 2.81. The van der Waals surface area contributed by atoms with E-state index < -0.39 is 26.7 Å². The number of rotatable bonds is 5. The molecule has 8 nitrogen and oxygen atoms in total. The number of hydrogen-bond donors (Lipinski definition) is 4. The fraction of sp³-hybridized carbons (Fsp3) is 0. The molecular weight excluding hydrogens is 484 g/mol. The second-order valence-corrected chi connectivity index (χ2v) is 8.55. The number of amides is 2. The van der Waals surface area contributed by atoms with Gasteiger partial charge in [-0.25, -0.2) is 13.2 Å². The maximum absolute atomic E-state index is 12.7. The number of pyridine rings is 1. The Bertz CT molecular complexity index is 1160. The minimum atomic E-state index is -4.24. The Kier molecular flexibility index (Phi) is 6.26. The fourth-order valence-electron chi connectivity index (χ4n) is 2.37. The van der Waals surface area contributed by atoms with Crippen LogP contribution in [0, 0.1) is 0 Å². The van der Waals surface area contributed by atoms with Crippen LogP contribution in [0.15, 0.2) is 70.3 Å². The van der Waals surface area contributed by atoms with Gasteiger partial charge in [-0.05, 0) is 52.3 Å². The van der Waals surface area contributed by atoms with Gasteiger partial charge in [0.15, 0.2) is 5.75 Å². The van der Waals surface area contributed by atoms with Crippen molar-refractivity contribution in [3.05, 3.63) is 70.4 Å². The number of phenols is 1. The van der Waals surface area contributed by atoms with Crippen LogP contribution in [0.2, 0.25) is 5.02 Å². The van der Waals surface area contributed by atoms with E-state index in [2.05, 4.69) is 36.3 Å². The number of nitrogens with zero attached hydrogens (tertiary/aromatic N) is 1. The molecule has 0 saturated carbocycles. The van der Waals surface area contributed by atoms with Gasteiger partial charge in [0.05, 0.1) is 22.1 Å². The molecule has 0 aliphatic carbocycles. The van der Waals surface area contributed by atoms with Gasteiger partial charge < -0.3 is 15.7 Å². The van der Waals surface area contributed by atoms with Crippen molar-refractivity contribution in [2.24, 2.45) is 0 Å². The molecule has 0 aliphatic rings. The first-order valence-corrected chi connectivity index (χ1v) is 10.7. The third-order valence-electron chi connectivity index (χ3n) is 3.65. The summed E-state index contributed by atoms with van der Waals surface area (Å²) >= 11 is 9.32. The van der Waals surface area contributed by atoms with Crippen molar-refractivity contribution in [1.82, 2.24) is 4.98 Å². The number of carbonyl (C=O) groups excluding carboxylic acids is 1. The molecule has 0 aliphatic heterocycles. The molecule has 0 unspecified atom stereocenters. The van der Waals surface area contributed by atoms with Crippen LogP contribution in [0.3, 0.4) is 0 Å². The number of phenolic OH excluding ortho intramolecular Hbond substituents is 1. The number of aromatic nitrogens is 1. The monoisotopic (exact) mass is 496 g/mol. The maximum atomic E-state index is 12.7. The molecule has 150 valence electrons. The zero-order valence-corrected chi connectivity index (χ0v) is 17.7. The largest absolute Gasteiger partial charge is 0.504 e. The van der Waals surface area contributed by atoms with Gasteiger partial charge in [0.25, 0.3) is 10.0 Å². The summed E-state index contributed by atoms with van der Waals surface area (Å²) < 4.78 is 28.4. The van der Waals surface area contributed by atoms with Crippen molar-refractivity contribution in [3.8, 4) is 5.75 Å². The van der Waals surface area contributed by atoms with Crippen LogP contribution >= 0.6 is 27.5 Å². The summed E-state index contributed by atoms with van der Waals surface area (Å²) in [5.41, 5.74) is 0.597. The molecule has 0 fully saturated rings. The zero-order chi connectivity index (χ0) is 21.0. The molecule has 0 spiro atoms. The number of halogens is 2. The Morgan fingerprint density at radius 2 is 1.66 bits per heavy atom. The number of anilines is 3. The zero-order valence-electron chi connectivity index (χ0n) is 14.6. The summed E-state index contributed by atoms with van der Waals surface area (Å²) in [6.45, 7) is 0. The Balaban J connectivity index is 1.87. The van der Waals surface area contributed by atoms with Crippen molar-refractivity contribution in [2.45, 2.75) is 4.90 Å². The number of para-hydroxylation sites is 1. The molecule has 0 radical (unpaired) electrons. The van der Waals surface area contributed by atoms with E-state index in [-0.39, 0.29) is 16.4 Å². The van der Waals surface area contributed by atoms with E-state index in [0.29, 0.717) is 10.2 Å². The minimum absolute atomic E-state index is 0.131. The van der Waals surface area contributed by atoms with Gasteiger partial charge in [0, 0.05) is 16.9 Å². The minimum Gasteiger partial charge on any atom is -0.504 e. The first kappa shape index (κ1) is 20.9. The highest BCUT2D eigenvalue weighted by Gasteiger charge is 2.25. The number of sulfonamides is 1. The van der Waals surface area contributed by atoms with E-state index in [1.54, 1.807) is 24.3 Å². The molecule has 1 aromatic heterocycles. The smallest absolute Gasteiger partial charge is 0.323 e. The third-order valence-corrected chi connectivity index (χ3v) is 6.23. The van der Waals surface area contributed by atoms with Crippen molar-refractivity contribution < 1.29 is 18.3 Å². The lowest BCUT2D eigenvalue weighted by Crippen LogP contribution is -2.20. The highest BCUT2D eigenvalue weighted by atomic mass is 79.9. The molecule has 0 bridgehead atoms. The van der Waals surface area contributed by atoms with E-state index in [9.17, 15) is 18.3 Å². The molecule has 3 aromatic rings. The van der Waals surface area contributed by atoms with E-state index >= 15 is 0 Å². The van der Waals surface area contributed by atoms with Gasteiger partial charge in [-0.1, -0.05) is 23.7 Å². The average Bonchev–Trinajstić information content (AvgIpc) is 2.66. The lowest BCUT2D eigenvalue weighted by Gasteiger charge is -2.15. The number of carbonyl (C=O) groups is 1. The summed E-state index contributed by atoms with van der Waals surface area (Å²) in [6, 6.07) is 11.7. The molecule has 29 heavy (non-hydrogen) atoms. The maximum Gasteiger partial charge on any atom is 0.323 e. The summed E-state index contributed by atoms with van der Waals surface area (Å²) in [5.74, 6) is -0.693. The van der Waals surface area contributed by atoms with Gasteiger partial charge in [-0.15, -0.1) is 0 Å². The Labute approximate surface area is 180 Å². The summed E-state index contributed by atoms with van der Waals surface area (Å²) in [5, 5.41) is 15.3. The number of benzene rings is 2. The quantitative estimate of drug-likeness (QED) is 0.383. The lowest BCUT2D eigenvalue weighted by molar-refractivity contribution is 0.262. The predicted molar refractivity (Wildman–Crippen MR) is 115 cm³/mol. The van der Waals surface area contributed by atoms with Gasteiger partial charge in [-0.3, -0.25) is 9.71 Å². The van der Waals surface area contributed by atoms with E-state index in [1.165, 1.54) is 36.7 Å². The first-order valence-electron chi connectivity index (χ1n) is 8.05. The van der Waals surface area contributed by atoms with Gasteiger partial charge in [-0.2, -0.15) is 0 Å². The van der Waals surface area contributed by atoms with Crippen molar-refractivity contribution in [2.75, 3.05) is 15.4 Å². The first-order chi connectivity index (χ1) is 13.8. The number of nitrogens with one attached hydrogen (secondary N) is 3. The van der Waals surface area contributed by atoms with E-state index in [1.807, 2.05) is 0 Å². The molecule has 0 saturated heterocycles. The summed E-state index contributed by atoms with van der Waals surface area (Å²) in [7, 11) is -4.24. The Morgan fingerprint density at radius 3 is 2.34 bits per heavy atom. The second-order valence-electron chi connectivity index (χ2n) is 5.67. The van der Waals surface area contributed by atoms with Crippen LogP contribution in [0.25, 0.3) is 0 Å². The Morgan fingerprint density at radius 1 is 1.00 bits per heavy atom. The van der Waals surface area contributed by atoms with Crippen LogP contribution < -0.4 is 15.4 Å². The second kappa shape index (κ2) is 8.68. The molecule has 2 aromatic carbocycles. The molecule has 3 rings (SSSR count). The van der Waals surface area contributed by atoms with Crippen molar-refractivity contribution >= 4 is 60.6 Å². The normalized spacial score (nSPS) is 11.0. The van der Waals surface area contributed by atoms with E-state index in [0.717, 1.165) is 0 Å². The van der Waals surface area contributed by atoms with Gasteiger partial charge in [0.2, 0.25) is 0 Å². The molecule has 4 N–H and O–H groups in total. The van der Waals surface area contributed by atoms with E-state index in [4.69, 9.17) is 11.6 Å². The van der Waals surface area contributed by atoms with Crippen molar-refractivity contribution in [3.63, 3.8) is 0 Å². The molecular formula is C18H14BrClN4O4S. The summed E-state index contributed by atoms with van der Waals surface area (Å²) in [4.78, 5) is 15.5. The van der Waals surface area contributed by atoms with Gasteiger partial charge >= 0.3 is 6.03 Å². The predicted octanol–water partition coefficient (Wildman–Crippen LogP) is 4.65. The standard InChI is InChI=1S/C18H14BrClN4O4S/c19-12-3-1-2-4-14(12)22-18(26)23-15-6-5-13(20)17(16(15)25)29(27,28)24-11-7-9-21-10-8-11/h1-10,25H,(H,21,24)(H2,22,23,26). The number of aromatic hydroxyl groups is 1. The lowest BCUT2D eigenvalue weighted by atomic mass is 10.3. The van der Waals surface area contributed by atoms with Crippen LogP contribution in [-0.2, 0) is 10.0 Å². The fourth-order valence-corrected chi connectivity index (χ4v) is 4.45. The van der Waals surface area contributed by atoms with Crippen LogP contribution in [0.5, 0.6) is 5.75 Å². The third kappa shape index (κ3) is 4.97. The Hall–Kier alpha value is -2.82. The van der Waals surface area contributed by atoms with Gasteiger partial charge in [0.1, 0.15) is 4.90 Å². The average molecular weight is 498 g/mol. The highest BCUT2D eigenvalue weighted by Crippen LogP contribution is 2.37. The van der Waals surface area contributed by atoms with Crippen LogP contribution in [-0.4, -0.2) is 24.5 Å². The molecule has 11 heteroatoms. The van der Waals surface area contributed by atoms with Crippen LogP contribution in [0.1, 0.15) is 0 Å². The molecule has 2 amide bonds. The highest BCUT2D eigenvalue weighted by molar-refractivity contribution is 9.10. The molecule has 1 heterocycles. The van der Waals surface area contributed by atoms with Crippen molar-refractivity contribution in [1.29, 1.82) is 0 Å². The van der Waals surface area contributed by atoms with Crippen LogP contribution in [0.4, 0.5) is 21.9 Å².